The van der Waals surface area contributed by atoms with E-state index in [1.54, 1.807) is 13.0 Å². The zero-order valence-corrected chi connectivity index (χ0v) is 9.78. The molecule has 1 atom stereocenters. The van der Waals surface area contributed by atoms with Crippen LogP contribution in [0.25, 0.3) is 0 Å². The molecule has 0 fully saturated rings. The molecule has 1 unspecified atom stereocenters. The van der Waals surface area contributed by atoms with E-state index in [1.807, 2.05) is 18.9 Å². The highest BCUT2D eigenvalue weighted by Gasteiger charge is 2.09. The summed E-state index contributed by atoms with van der Waals surface area (Å²) in [4.78, 5) is 10.1. The summed E-state index contributed by atoms with van der Waals surface area (Å²) < 4.78 is 0. The number of aryl methyl sites for hydroxylation is 1. The monoisotopic (exact) mass is 224 g/mol. The van der Waals surface area contributed by atoms with Gasteiger partial charge in [0.05, 0.1) is 12.0 Å². The van der Waals surface area contributed by atoms with Gasteiger partial charge in [-0.05, 0) is 13.8 Å². The van der Waals surface area contributed by atoms with Crippen molar-refractivity contribution in [2.24, 2.45) is 5.92 Å². The van der Waals surface area contributed by atoms with Crippen LogP contribution in [0.3, 0.4) is 0 Å². The topological polar surface area (TPSA) is 52.8 Å². The van der Waals surface area contributed by atoms with Crippen molar-refractivity contribution < 1.29 is 0 Å². The molecule has 1 rings (SSSR count). The molecular weight excluding hydrogens is 212 g/mol. The van der Waals surface area contributed by atoms with Crippen molar-refractivity contribution in [2.75, 3.05) is 18.5 Å². The second-order valence-electron chi connectivity index (χ2n) is 3.51. The van der Waals surface area contributed by atoms with E-state index in [4.69, 9.17) is 16.9 Å². The first-order valence-corrected chi connectivity index (χ1v) is 5.02. The lowest BCUT2D eigenvalue weighted by molar-refractivity contribution is 0.708. The van der Waals surface area contributed by atoms with Gasteiger partial charge in [0.2, 0.25) is 0 Å². The molecule has 0 radical (unpaired) electrons. The molecule has 0 bridgehead atoms. The summed E-state index contributed by atoms with van der Waals surface area (Å²) in [5.41, 5.74) is 0. The van der Waals surface area contributed by atoms with Crippen LogP contribution in [0, 0.1) is 24.2 Å². The van der Waals surface area contributed by atoms with Crippen LogP contribution in [0.5, 0.6) is 0 Å². The molecule has 0 N–H and O–H groups in total. The lowest BCUT2D eigenvalue weighted by Crippen LogP contribution is -2.24. The molecule has 0 aliphatic carbocycles. The van der Waals surface area contributed by atoms with Crippen LogP contribution in [0.15, 0.2) is 6.07 Å². The van der Waals surface area contributed by atoms with E-state index in [9.17, 15) is 0 Å². The minimum absolute atomic E-state index is 0.0379. The Morgan fingerprint density at radius 1 is 1.60 bits per heavy atom. The highest BCUT2D eigenvalue weighted by atomic mass is 35.5. The largest absolute Gasteiger partial charge is 0.358 e. The average molecular weight is 225 g/mol. The number of halogens is 1. The van der Waals surface area contributed by atoms with Gasteiger partial charge in [-0.3, -0.25) is 0 Å². The second-order valence-corrected chi connectivity index (χ2v) is 3.89. The van der Waals surface area contributed by atoms with E-state index in [1.165, 1.54) is 0 Å². The smallest absolute Gasteiger partial charge is 0.134 e. The average Bonchev–Trinajstić information content (AvgIpc) is 2.16. The van der Waals surface area contributed by atoms with Gasteiger partial charge in [-0.25, -0.2) is 9.97 Å². The summed E-state index contributed by atoms with van der Waals surface area (Å²) in [5.74, 6) is 1.34. The van der Waals surface area contributed by atoms with Crippen LogP contribution in [0.1, 0.15) is 12.7 Å². The SMILES string of the molecule is Cc1nc(Cl)cc(N(C)CC(C)C#N)n1. The Morgan fingerprint density at radius 3 is 2.80 bits per heavy atom. The molecular formula is C10H13ClN4. The summed E-state index contributed by atoms with van der Waals surface area (Å²) in [6.45, 7) is 4.28. The molecule has 5 heteroatoms. The molecule has 0 aliphatic heterocycles. The lowest BCUT2D eigenvalue weighted by atomic mass is 10.2. The Kier molecular flexibility index (Phi) is 3.87. The second kappa shape index (κ2) is 4.94. The summed E-state index contributed by atoms with van der Waals surface area (Å²) in [6.07, 6.45) is 0. The first-order valence-electron chi connectivity index (χ1n) is 4.65. The summed E-state index contributed by atoms with van der Waals surface area (Å²) in [6, 6.07) is 3.87. The first-order chi connectivity index (χ1) is 7.02. The van der Waals surface area contributed by atoms with Crippen molar-refractivity contribution in [2.45, 2.75) is 13.8 Å². The summed E-state index contributed by atoms with van der Waals surface area (Å²) >= 11 is 5.82. The number of nitrogens with zero attached hydrogens (tertiary/aromatic N) is 4. The number of rotatable bonds is 3. The minimum atomic E-state index is -0.0379. The molecule has 0 spiro atoms. The normalized spacial score (nSPS) is 11.9. The molecule has 0 aromatic carbocycles. The lowest BCUT2D eigenvalue weighted by Gasteiger charge is -2.19. The van der Waals surface area contributed by atoms with Gasteiger partial charge in [0, 0.05) is 19.7 Å². The maximum absolute atomic E-state index is 8.70. The minimum Gasteiger partial charge on any atom is -0.358 e. The molecule has 0 amide bonds. The van der Waals surface area contributed by atoms with Gasteiger partial charge in [0.1, 0.15) is 16.8 Å². The Labute approximate surface area is 94.5 Å². The molecule has 1 aromatic rings. The Hall–Kier alpha value is -1.34. The molecule has 4 nitrogen and oxygen atoms in total. The van der Waals surface area contributed by atoms with Gasteiger partial charge in [-0.1, -0.05) is 11.6 Å². The first kappa shape index (κ1) is 11.7. The number of aromatic nitrogens is 2. The van der Waals surface area contributed by atoms with E-state index in [-0.39, 0.29) is 5.92 Å². The molecule has 1 heterocycles. The van der Waals surface area contributed by atoms with Gasteiger partial charge in [-0.2, -0.15) is 5.26 Å². The molecule has 15 heavy (non-hydrogen) atoms. The molecule has 80 valence electrons. The van der Waals surface area contributed by atoms with Crippen molar-refractivity contribution in [1.29, 1.82) is 5.26 Å². The van der Waals surface area contributed by atoms with E-state index < -0.39 is 0 Å². The number of hydrogen-bond donors (Lipinski definition) is 0. The van der Waals surface area contributed by atoms with Crippen LogP contribution in [0.4, 0.5) is 5.82 Å². The van der Waals surface area contributed by atoms with E-state index in [0.29, 0.717) is 17.5 Å². The third-order valence-electron chi connectivity index (χ3n) is 1.95. The van der Waals surface area contributed by atoms with Gasteiger partial charge in [-0.15, -0.1) is 0 Å². The third-order valence-corrected chi connectivity index (χ3v) is 2.15. The fraction of sp³-hybridized carbons (Fsp3) is 0.500. The molecule has 1 aromatic heterocycles. The maximum atomic E-state index is 8.70. The molecule has 0 saturated carbocycles. The zero-order valence-electron chi connectivity index (χ0n) is 9.03. The van der Waals surface area contributed by atoms with Gasteiger partial charge >= 0.3 is 0 Å². The van der Waals surface area contributed by atoms with Crippen LogP contribution < -0.4 is 4.90 Å². The van der Waals surface area contributed by atoms with Crippen molar-refractivity contribution in [3.05, 3.63) is 17.0 Å². The van der Waals surface area contributed by atoms with Crippen molar-refractivity contribution >= 4 is 17.4 Å². The van der Waals surface area contributed by atoms with Crippen molar-refractivity contribution in [3.8, 4) is 6.07 Å². The van der Waals surface area contributed by atoms with Gasteiger partial charge in [0.25, 0.3) is 0 Å². The molecule has 0 saturated heterocycles. The summed E-state index contributed by atoms with van der Waals surface area (Å²) in [7, 11) is 1.88. The predicted molar refractivity (Wildman–Crippen MR) is 59.8 cm³/mol. The predicted octanol–water partition coefficient (Wildman–Crippen LogP) is 2.03. The molecule has 0 aliphatic rings. The van der Waals surface area contributed by atoms with Crippen LogP contribution in [-0.4, -0.2) is 23.6 Å². The van der Waals surface area contributed by atoms with Gasteiger partial charge in [0.15, 0.2) is 0 Å². The Balaban J connectivity index is 2.82. The quantitative estimate of drug-likeness (QED) is 0.738. The maximum Gasteiger partial charge on any atom is 0.134 e. The fourth-order valence-electron chi connectivity index (χ4n) is 1.26. The highest BCUT2D eigenvalue weighted by Crippen LogP contribution is 2.15. The van der Waals surface area contributed by atoms with Crippen molar-refractivity contribution in [3.63, 3.8) is 0 Å². The van der Waals surface area contributed by atoms with Crippen LogP contribution in [-0.2, 0) is 0 Å². The van der Waals surface area contributed by atoms with E-state index >= 15 is 0 Å². The third kappa shape index (κ3) is 3.37. The summed E-state index contributed by atoms with van der Waals surface area (Å²) in [5, 5.41) is 9.13. The standard InChI is InChI=1S/C10H13ClN4/c1-7(5-12)6-15(3)10-4-9(11)13-8(2)14-10/h4,7H,6H2,1-3H3. The fourth-order valence-corrected chi connectivity index (χ4v) is 1.48. The number of anilines is 1. The van der Waals surface area contributed by atoms with E-state index in [0.717, 1.165) is 5.82 Å². The Morgan fingerprint density at radius 2 is 2.27 bits per heavy atom. The number of nitriles is 1. The van der Waals surface area contributed by atoms with Crippen LogP contribution >= 0.6 is 11.6 Å². The number of hydrogen-bond acceptors (Lipinski definition) is 4. The van der Waals surface area contributed by atoms with Crippen molar-refractivity contribution in [1.82, 2.24) is 9.97 Å². The highest BCUT2D eigenvalue weighted by molar-refractivity contribution is 6.29. The Bertz CT molecular complexity index is 365. The van der Waals surface area contributed by atoms with Gasteiger partial charge < -0.3 is 4.90 Å². The zero-order chi connectivity index (χ0) is 11.4. The van der Waals surface area contributed by atoms with E-state index in [2.05, 4.69) is 16.0 Å². The van der Waals surface area contributed by atoms with Crippen LogP contribution in [0.2, 0.25) is 5.15 Å².